The molecule has 0 saturated heterocycles. The number of hydrogen-bond donors (Lipinski definition) is 1. The minimum Gasteiger partial charge on any atom is -0.345 e. The van der Waals surface area contributed by atoms with E-state index >= 15 is 0 Å². The van der Waals surface area contributed by atoms with Crippen molar-refractivity contribution in [1.29, 1.82) is 5.26 Å². The van der Waals surface area contributed by atoms with Gasteiger partial charge < -0.3 is 9.13 Å². The van der Waals surface area contributed by atoms with Gasteiger partial charge in [0.2, 0.25) is 5.82 Å². The van der Waals surface area contributed by atoms with Gasteiger partial charge in [-0.3, -0.25) is 0 Å². The fourth-order valence-electron chi connectivity index (χ4n) is 4.57. The zero-order valence-corrected chi connectivity index (χ0v) is 19.7. The zero-order valence-electron chi connectivity index (χ0n) is 19.7. The number of tetrazole rings is 1. The summed E-state index contributed by atoms with van der Waals surface area (Å²) in [5, 5.41) is 24.1. The van der Waals surface area contributed by atoms with E-state index in [2.05, 4.69) is 91.9 Å². The summed E-state index contributed by atoms with van der Waals surface area (Å²) in [4.78, 5) is 9.36. The van der Waals surface area contributed by atoms with E-state index in [0.717, 1.165) is 63.6 Å². The summed E-state index contributed by atoms with van der Waals surface area (Å²) in [5.74, 6) is 1.54. The number of rotatable bonds is 6. The van der Waals surface area contributed by atoms with Crippen molar-refractivity contribution in [2.45, 2.75) is 47.2 Å². The van der Waals surface area contributed by atoms with Gasteiger partial charge in [0.1, 0.15) is 23.1 Å². The van der Waals surface area contributed by atoms with Gasteiger partial charge >= 0.3 is 0 Å². The Bertz CT molecular complexity index is 1510. The molecule has 0 aliphatic heterocycles. The third-order valence-corrected chi connectivity index (χ3v) is 6.18. The highest BCUT2D eigenvalue weighted by Crippen LogP contribution is 2.33. The van der Waals surface area contributed by atoms with Gasteiger partial charge in [0.15, 0.2) is 5.65 Å². The van der Waals surface area contributed by atoms with Crippen LogP contribution in [0.5, 0.6) is 0 Å². The van der Waals surface area contributed by atoms with Crippen molar-refractivity contribution < 1.29 is 0 Å². The lowest BCUT2D eigenvalue weighted by atomic mass is 10.0. The molecule has 4 aromatic heterocycles. The summed E-state index contributed by atoms with van der Waals surface area (Å²) >= 11 is 0. The molecule has 9 heteroatoms. The van der Waals surface area contributed by atoms with Gasteiger partial charge in [-0.2, -0.15) is 10.5 Å². The standard InChI is InChI=1S/C25H25N9/c1-5-21-28-22-15(3)11-19(13-26)27-25(22)34(21)14-17-7-9-18(10-8-17)23-20(24-29-31-32-30-24)12-16(4)33(23)6-2/h7-12H,5-6,14H2,1-4H3,(H,29,30,31,32). The van der Waals surface area contributed by atoms with Crippen molar-refractivity contribution in [3.05, 3.63) is 64.7 Å². The van der Waals surface area contributed by atoms with Crippen LogP contribution in [-0.4, -0.2) is 39.7 Å². The Labute approximate surface area is 197 Å². The number of aromatic amines is 1. The van der Waals surface area contributed by atoms with Crippen LogP contribution in [0.4, 0.5) is 0 Å². The zero-order chi connectivity index (χ0) is 23.8. The second-order valence-electron chi connectivity index (χ2n) is 8.30. The topological polar surface area (TPSA) is 114 Å². The van der Waals surface area contributed by atoms with Crippen LogP contribution in [0.1, 0.15) is 42.2 Å². The van der Waals surface area contributed by atoms with Crippen molar-refractivity contribution in [3.8, 4) is 28.7 Å². The van der Waals surface area contributed by atoms with Crippen molar-refractivity contribution in [3.63, 3.8) is 0 Å². The fourth-order valence-corrected chi connectivity index (χ4v) is 4.57. The number of aryl methyl sites for hydroxylation is 3. The third-order valence-electron chi connectivity index (χ3n) is 6.18. The smallest absolute Gasteiger partial charge is 0.206 e. The molecule has 0 atom stereocenters. The second kappa shape index (κ2) is 8.56. The van der Waals surface area contributed by atoms with E-state index in [1.54, 1.807) is 6.07 Å². The Kier molecular flexibility index (Phi) is 5.42. The van der Waals surface area contributed by atoms with Crippen molar-refractivity contribution in [2.75, 3.05) is 0 Å². The molecule has 0 aliphatic carbocycles. The first kappa shape index (κ1) is 21.5. The molecule has 0 bridgehead atoms. The number of pyridine rings is 1. The first-order chi connectivity index (χ1) is 16.5. The molecule has 1 aromatic carbocycles. The molecule has 0 spiro atoms. The van der Waals surface area contributed by atoms with Gasteiger partial charge in [-0.05, 0) is 54.8 Å². The Balaban J connectivity index is 1.55. The maximum absolute atomic E-state index is 9.38. The average Bonchev–Trinajstić information content (AvgIpc) is 3.57. The molecular weight excluding hydrogens is 426 g/mol. The van der Waals surface area contributed by atoms with E-state index in [9.17, 15) is 5.26 Å². The first-order valence-corrected chi connectivity index (χ1v) is 11.3. The summed E-state index contributed by atoms with van der Waals surface area (Å²) in [6.45, 7) is 9.75. The number of hydrogen-bond acceptors (Lipinski definition) is 6. The number of aromatic nitrogens is 8. The van der Waals surface area contributed by atoms with Crippen molar-refractivity contribution in [1.82, 2.24) is 39.7 Å². The van der Waals surface area contributed by atoms with E-state index in [0.29, 0.717) is 18.1 Å². The van der Waals surface area contributed by atoms with Gasteiger partial charge in [0.05, 0.1) is 12.2 Å². The molecule has 0 saturated carbocycles. The Morgan fingerprint density at radius 2 is 1.82 bits per heavy atom. The molecule has 4 heterocycles. The lowest BCUT2D eigenvalue weighted by molar-refractivity contribution is 0.744. The van der Waals surface area contributed by atoms with Crippen LogP contribution in [0.3, 0.4) is 0 Å². The van der Waals surface area contributed by atoms with Gasteiger partial charge in [-0.25, -0.2) is 9.97 Å². The first-order valence-electron chi connectivity index (χ1n) is 11.3. The van der Waals surface area contributed by atoms with Crippen LogP contribution in [0.15, 0.2) is 36.4 Å². The van der Waals surface area contributed by atoms with E-state index in [1.807, 2.05) is 6.92 Å². The maximum atomic E-state index is 9.38. The number of nitrogens with one attached hydrogen (secondary N) is 1. The largest absolute Gasteiger partial charge is 0.345 e. The van der Waals surface area contributed by atoms with E-state index in [4.69, 9.17) is 4.98 Å². The molecule has 34 heavy (non-hydrogen) atoms. The molecule has 5 aromatic rings. The van der Waals surface area contributed by atoms with Gasteiger partial charge in [-0.1, -0.05) is 31.2 Å². The molecule has 9 nitrogen and oxygen atoms in total. The molecule has 0 radical (unpaired) electrons. The number of fused-ring (bicyclic) bond motifs is 1. The normalized spacial score (nSPS) is 11.3. The summed E-state index contributed by atoms with van der Waals surface area (Å²) in [5.41, 5.74) is 8.39. The number of imidazole rings is 1. The summed E-state index contributed by atoms with van der Waals surface area (Å²) < 4.78 is 4.37. The van der Waals surface area contributed by atoms with Crippen LogP contribution in [0.25, 0.3) is 33.8 Å². The SMILES string of the molecule is CCc1nc2c(C)cc(C#N)nc2n1Cc1ccc(-c2c(-c3nn[nH]n3)cc(C)n2CC)cc1. The third kappa shape index (κ3) is 3.53. The van der Waals surface area contributed by atoms with Crippen molar-refractivity contribution >= 4 is 11.2 Å². The Hall–Kier alpha value is -4.32. The Morgan fingerprint density at radius 3 is 2.47 bits per heavy atom. The fraction of sp³-hybridized carbons (Fsp3) is 0.280. The predicted octanol–water partition coefficient (Wildman–Crippen LogP) is 4.20. The highest BCUT2D eigenvalue weighted by atomic mass is 15.5. The number of benzene rings is 1. The van der Waals surface area contributed by atoms with Crippen molar-refractivity contribution in [2.24, 2.45) is 0 Å². The summed E-state index contributed by atoms with van der Waals surface area (Å²) in [6, 6.07) is 14.6. The number of nitriles is 1. The van der Waals surface area contributed by atoms with Crippen LogP contribution in [0.2, 0.25) is 0 Å². The summed E-state index contributed by atoms with van der Waals surface area (Å²) in [6.07, 6.45) is 0.785. The van der Waals surface area contributed by atoms with Crippen LogP contribution in [-0.2, 0) is 19.5 Å². The molecule has 5 rings (SSSR count). The predicted molar refractivity (Wildman–Crippen MR) is 129 cm³/mol. The quantitative estimate of drug-likeness (QED) is 0.414. The van der Waals surface area contributed by atoms with E-state index in [1.165, 1.54) is 0 Å². The van der Waals surface area contributed by atoms with Gasteiger partial charge in [0, 0.05) is 24.2 Å². The molecule has 1 N–H and O–H groups in total. The molecule has 170 valence electrons. The molecule has 0 amide bonds. The second-order valence-corrected chi connectivity index (χ2v) is 8.30. The highest BCUT2D eigenvalue weighted by molar-refractivity contribution is 5.79. The minimum atomic E-state index is 0.411. The van der Waals surface area contributed by atoms with Gasteiger partial charge in [-0.15, -0.1) is 10.2 Å². The van der Waals surface area contributed by atoms with Crippen LogP contribution in [0, 0.1) is 25.2 Å². The van der Waals surface area contributed by atoms with Crippen LogP contribution >= 0.6 is 0 Å². The van der Waals surface area contributed by atoms with Gasteiger partial charge in [0.25, 0.3) is 0 Å². The Morgan fingerprint density at radius 1 is 1.03 bits per heavy atom. The molecule has 0 unspecified atom stereocenters. The highest BCUT2D eigenvalue weighted by Gasteiger charge is 2.19. The minimum absolute atomic E-state index is 0.411. The molecule has 0 aliphatic rings. The van der Waals surface area contributed by atoms with E-state index in [-0.39, 0.29) is 0 Å². The van der Waals surface area contributed by atoms with E-state index < -0.39 is 0 Å². The monoisotopic (exact) mass is 451 g/mol. The van der Waals surface area contributed by atoms with Crippen LogP contribution < -0.4 is 0 Å². The lowest BCUT2D eigenvalue weighted by Gasteiger charge is -2.12. The summed E-state index contributed by atoms with van der Waals surface area (Å²) in [7, 11) is 0. The maximum Gasteiger partial charge on any atom is 0.206 e. The number of nitrogens with zero attached hydrogens (tertiary/aromatic N) is 8. The lowest BCUT2D eigenvalue weighted by Crippen LogP contribution is -2.06. The average molecular weight is 452 g/mol. The molecule has 0 fully saturated rings. The molecular formula is C25H25N9. The number of H-pyrrole nitrogens is 1.